The van der Waals surface area contributed by atoms with E-state index in [1.807, 2.05) is 6.07 Å². The molecule has 1 spiro atoms. The van der Waals surface area contributed by atoms with E-state index in [4.69, 9.17) is 42.7 Å². The van der Waals surface area contributed by atoms with Gasteiger partial charge in [-0.3, -0.25) is 0 Å². The molecule has 1 atom stereocenters. The van der Waals surface area contributed by atoms with E-state index in [0.717, 1.165) is 22.6 Å². The van der Waals surface area contributed by atoms with E-state index in [2.05, 4.69) is 10.5 Å². The van der Waals surface area contributed by atoms with Crippen molar-refractivity contribution < 1.29 is 50.2 Å². The average Bonchev–Trinajstić information content (AvgIpc) is 3.40. The van der Waals surface area contributed by atoms with Gasteiger partial charge in [-0.15, -0.1) is 11.3 Å². The van der Waals surface area contributed by atoms with E-state index in [1.54, 1.807) is 0 Å². The Hall–Kier alpha value is -2.13. The van der Waals surface area contributed by atoms with Crippen LogP contribution in [0.5, 0.6) is 0 Å². The first-order valence-corrected chi connectivity index (χ1v) is 11.9. The largest absolute Gasteiger partial charge is 0.490 e. The summed E-state index contributed by atoms with van der Waals surface area (Å²) in [5, 5.41) is 13.1. The molecule has 202 valence electrons. The van der Waals surface area contributed by atoms with Crippen molar-refractivity contribution in [2.24, 2.45) is 5.16 Å². The standard InChI is InChI=1S/C19H14Cl2F4N2O2S.C2HF3O2/c20-11-4-10(5-12(21)15(11)22)18(19(23,24)25)6-13(27-29-18)14-3-9-1-2-28-17(7-26-8-17)16(9)30-14;3-2(4,5)1(6)7/h3-5,26H,1-2,6-8H2;(H,6,7). The zero-order valence-corrected chi connectivity index (χ0v) is 20.5. The fourth-order valence-electron chi connectivity index (χ4n) is 4.00. The predicted octanol–water partition coefficient (Wildman–Crippen LogP) is 5.78. The van der Waals surface area contributed by atoms with E-state index >= 15 is 0 Å². The fraction of sp³-hybridized carbons (Fsp3) is 0.429. The monoisotopic (exact) mass is 594 g/mol. The molecular formula is C21H15Cl2F7N2O4S. The summed E-state index contributed by atoms with van der Waals surface area (Å²) >= 11 is 12.9. The van der Waals surface area contributed by atoms with Crippen LogP contribution in [0.2, 0.25) is 10.0 Å². The number of benzene rings is 1. The Morgan fingerprint density at radius 2 is 1.70 bits per heavy atom. The fourth-order valence-corrected chi connectivity index (χ4v) is 5.82. The highest BCUT2D eigenvalue weighted by Gasteiger charge is 2.63. The molecule has 1 aromatic heterocycles. The Labute approximate surface area is 217 Å². The van der Waals surface area contributed by atoms with Gasteiger partial charge in [-0.1, -0.05) is 28.4 Å². The van der Waals surface area contributed by atoms with Crippen LogP contribution in [0.15, 0.2) is 23.4 Å². The molecule has 0 aliphatic carbocycles. The topological polar surface area (TPSA) is 80.1 Å². The highest BCUT2D eigenvalue weighted by atomic mass is 35.5. The molecule has 1 aromatic carbocycles. The second kappa shape index (κ2) is 9.56. The maximum Gasteiger partial charge on any atom is 0.490 e. The van der Waals surface area contributed by atoms with Crippen molar-refractivity contribution in [3.05, 3.63) is 54.9 Å². The molecule has 5 rings (SSSR count). The summed E-state index contributed by atoms with van der Waals surface area (Å²) in [5.74, 6) is -3.74. The zero-order valence-electron chi connectivity index (χ0n) is 18.2. The van der Waals surface area contributed by atoms with Crippen molar-refractivity contribution in [2.45, 2.75) is 36.4 Å². The first kappa shape index (κ1) is 27.9. The van der Waals surface area contributed by atoms with Gasteiger partial charge in [0.15, 0.2) is 5.82 Å². The highest BCUT2D eigenvalue weighted by molar-refractivity contribution is 7.14. The van der Waals surface area contributed by atoms with Gasteiger partial charge in [0.05, 0.1) is 28.0 Å². The molecule has 2 N–H and O–H groups in total. The maximum atomic E-state index is 14.2. The Kier molecular flexibility index (Phi) is 7.21. The number of rotatable bonds is 2. The minimum atomic E-state index is -5.08. The van der Waals surface area contributed by atoms with E-state index in [0.29, 0.717) is 31.0 Å². The van der Waals surface area contributed by atoms with Crippen LogP contribution in [0.25, 0.3) is 0 Å². The number of halogens is 9. The van der Waals surface area contributed by atoms with Gasteiger partial charge in [0.25, 0.3) is 5.60 Å². The number of alkyl halides is 6. The SMILES string of the molecule is Fc1c(Cl)cc(C2(C(F)(F)F)CC(c3cc4c(s3)C3(CNC3)OCC4)=NO2)cc1Cl.O=C(O)C(F)(F)F. The molecule has 1 unspecified atom stereocenters. The Bertz CT molecular complexity index is 1240. The average molecular weight is 595 g/mol. The van der Waals surface area contributed by atoms with Gasteiger partial charge in [0.1, 0.15) is 11.3 Å². The lowest BCUT2D eigenvalue weighted by Crippen LogP contribution is -2.59. The first-order valence-electron chi connectivity index (χ1n) is 10.3. The third-order valence-electron chi connectivity index (χ3n) is 5.96. The highest BCUT2D eigenvalue weighted by Crippen LogP contribution is 2.51. The predicted molar refractivity (Wildman–Crippen MR) is 119 cm³/mol. The van der Waals surface area contributed by atoms with Crippen molar-refractivity contribution in [2.75, 3.05) is 19.7 Å². The molecule has 1 saturated heterocycles. The summed E-state index contributed by atoms with van der Waals surface area (Å²) < 4.78 is 93.9. The third-order valence-corrected chi connectivity index (χ3v) is 7.92. The number of aliphatic carboxylic acids is 1. The number of oxime groups is 1. The number of carboxylic acid groups (broad SMARTS) is 1. The van der Waals surface area contributed by atoms with Crippen LogP contribution in [-0.2, 0) is 32.0 Å². The summed E-state index contributed by atoms with van der Waals surface area (Å²) in [6.45, 7) is 1.90. The Morgan fingerprint density at radius 1 is 1.11 bits per heavy atom. The number of hydrogen-bond acceptors (Lipinski definition) is 6. The lowest BCUT2D eigenvalue weighted by Gasteiger charge is -2.44. The van der Waals surface area contributed by atoms with E-state index in [1.165, 1.54) is 11.3 Å². The number of fused-ring (bicyclic) bond motifs is 2. The number of thiophene rings is 1. The lowest BCUT2D eigenvalue weighted by molar-refractivity contribution is -0.275. The molecule has 0 amide bonds. The minimum absolute atomic E-state index is 0.172. The number of hydrogen-bond donors (Lipinski definition) is 2. The van der Waals surface area contributed by atoms with Crippen molar-refractivity contribution in [1.29, 1.82) is 0 Å². The van der Waals surface area contributed by atoms with E-state index in [-0.39, 0.29) is 5.71 Å². The van der Waals surface area contributed by atoms with E-state index < -0.39 is 57.4 Å². The summed E-state index contributed by atoms with van der Waals surface area (Å²) in [6.07, 6.45) is -9.79. The number of ether oxygens (including phenoxy) is 1. The zero-order chi connectivity index (χ0) is 27.4. The van der Waals surface area contributed by atoms with Crippen molar-refractivity contribution >= 4 is 46.2 Å². The van der Waals surface area contributed by atoms with E-state index in [9.17, 15) is 30.7 Å². The van der Waals surface area contributed by atoms with Crippen LogP contribution in [0.4, 0.5) is 30.7 Å². The van der Waals surface area contributed by atoms with Gasteiger partial charge < -0.3 is 20.0 Å². The van der Waals surface area contributed by atoms with Crippen LogP contribution in [0.3, 0.4) is 0 Å². The molecule has 1 fully saturated rings. The normalized spacial score (nSPS) is 22.4. The van der Waals surface area contributed by atoms with Crippen LogP contribution in [0, 0.1) is 5.82 Å². The summed E-state index contributed by atoms with van der Waals surface area (Å²) in [6, 6.07) is 3.63. The molecule has 0 saturated carbocycles. The molecule has 0 bridgehead atoms. The second-order valence-corrected chi connectivity index (χ2v) is 10.2. The van der Waals surface area contributed by atoms with Gasteiger partial charge in [0, 0.05) is 23.5 Å². The molecule has 0 radical (unpaired) electrons. The second-order valence-electron chi connectivity index (χ2n) is 8.35. The van der Waals surface area contributed by atoms with Crippen LogP contribution < -0.4 is 5.32 Å². The van der Waals surface area contributed by atoms with Crippen LogP contribution in [0.1, 0.15) is 27.3 Å². The molecule has 3 aliphatic rings. The molecule has 3 aliphatic heterocycles. The van der Waals surface area contributed by atoms with Crippen LogP contribution in [-0.4, -0.2) is 48.8 Å². The number of carboxylic acids is 1. The first-order chi connectivity index (χ1) is 17.1. The molecule has 16 heteroatoms. The Balaban J connectivity index is 0.000000405. The van der Waals surface area contributed by atoms with Crippen molar-refractivity contribution in [1.82, 2.24) is 5.32 Å². The number of carbonyl (C=O) groups is 1. The Morgan fingerprint density at radius 3 is 2.19 bits per heavy atom. The quantitative estimate of drug-likeness (QED) is 0.340. The number of nitrogens with zero attached hydrogens (tertiary/aromatic N) is 1. The van der Waals surface area contributed by atoms with Gasteiger partial charge in [0.2, 0.25) is 0 Å². The number of nitrogens with one attached hydrogen (secondary N) is 1. The van der Waals surface area contributed by atoms with Crippen molar-refractivity contribution in [3.8, 4) is 0 Å². The third kappa shape index (κ3) is 5.01. The molecule has 4 heterocycles. The molecular weight excluding hydrogens is 580 g/mol. The van der Waals surface area contributed by atoms with Gasteiger partial charge in [-0.2, -0.15) is 26.3 Å². The van der Waals surface area contributed by atoms with Crippen LogP contribution >= 0.6 is 34.5 Å². The lowest BCUT2D eigenvalue weighted by atomic mass is 9.87. The molecule has 6 nitrogen and oxygen atoms in total. The van der Waals surface area contributed by atoms with Gasteiger partial charge in [-0.25, -0.2) is 9.18 Å². The summed E-state index contributed by atoms with van der Waals surface area (Å²) in [4.78, 5) is 15.5. The summed E-state index contributed by atoms with van der Waals surface area (Å²) in [7, 11) is 0. The maximum absolute atomic E-state index is 14.2. The molecule has 37 heavy (non-hydrogen) atoms. The molecule has 2 aromatic rings. The minimum Gasteiger partial charge on any atom is -0.475 e. The smallest absolute Gasteiger partial charge is 0.475 e. The van der Waals surface area contributed by atoms with Gasteiger partial charge in [-0.05, 0) is 30.2 Å². The summed E-state index contributed by atoms with van der Waals surface area (Å²) in [5.41, 5.74) is -2.36. The van der Waals surface area contributed by atoms with Gasteiger partial charge >= 0.3 is 18.3 Å². The van der Waals surface area contributed by atoms with Crippen molar-refractivity contribution in [3.63, 3.8) is 0 Å².